The van der Waals surface area contributed by atoms with Gasteiger partial charge in [-0.05, 0) is 50.5 Å². The Morgan fingerprint density at radius 3 is 2.50 bits per heavy atom. The highest BCUT2D eigenvalue weighted by molar-refractivity contribution is 7.91. The van der Waals surface area contributed by atoms with Crippen LogP contribution in [0.4, 0.5) is 0 Å². The van der Waals surface area contributed by atoms with Crippen molar-refractivity contribution in [2.24, 2.45) is 0 Å². The van der Waals surface area contributed by atoms with Crippen molar-refractivity contribution < 1.29 is 27.5 Å². The van der Waals surface area contributed by atoms with Gasteiger partial charge in [0, 0.05) is 12.6 Å². The van der Waals surface area contributed by atoms with Crippen LogP contribution in [-0.4, -0.2) is 62.5 Å². The quantitative estimate of drug-likeness (QED) is 0.659. The fourth-order valence-corrected chi connectivity index (χ4v) is 4.60. The van der Waals surface area contributed by atoms with Crippen LogP contribution in [0.15, 0.2) is 18.2 Å². The minimum absolute atomic E-state index is 0.0313. The van der Waals surface area contributed by atoms with Gasteiger partial charge in [-0.15, -0.1) is 0 Å². The molecular weight excluding hydrogens is 358 g/mol. The molecule has 2 rings (SSSR count). The third-order valence-electron chi connectivity index (χ3n) is 4.50. The molecule has 0 unspecified atom stereocenters. The second kappa shape index (κ2) is 8.53. The van der Waals surface area contributed by atoms with Crippen LogP contribution in [-0.2, 0) is 24.2 Å². The molecule has 1 aliphatic heterocycles. The minimum atomic E-state index is -3.08. The largest absolute Gasteiger partial charge is 0.482 e. The standard InChI is InChI=1S/C18H25NO6S/c1-4-19(15-7-8-26(22,23)12-15)17(20)10-25-18(21)11-24-16-6-5-13(2)14(3)9-16/h5-6,9,15H,4,7-8,10-12H2,1-3H3/t15-/m0/s1. The maximum atomic E-state index is 12.2. The highest BCUT2D eigenvalue weighted by Gasteiger charge is 2.34. The molecule has 1 aliphatic rings. The van der Waals surface area contributed by atoms with Gasteiger partial charge in [-0.1, -0.05) is 6.07 Å². The van der Waals surface area contributed by atoms with Crippen LogP contribution in [0.3, 0.4) is 0 Å². The van der Waals surface area contributed by atoms with E-state index in [1.807, 2.05) is 26.0 Å². The Hall–Kier alpha value is -2.09. The first-order valence-corrected chi connectivity index (χ1v) is 10.4. The third kappa shape index (κ3) is 5.45. The summed E-state index contributed by atoms with van der Waals surface area (Å²) in [4.78, 5) is 25.5. The predicted octanol–water partition coefficient (Wildman–Crippen LogP) is 1.26. The lowest BCUT2D eigenvalue weighted by Crippen LogP contribution is -2.43. The van der Waals surface area contributed by atoms with Gasteiger partial charge in [0.1, 0.15) is 5.75 Å². The van der Waals surface area contributed by atoms with Gasteiger partial charge in [-0.3, -0.25) is 4.79 Å². The minimum Gasteiger partial charge on any atom is -0.482 e. The van der Waals surface area contributed by atoms with Crippen LogP contribution < -0.4 is 4.74 Å². The van der Waals surface area contributed by atoms with E-state index < -0.39 is 28.3 Å². The number of hydrogen-bond donors (Lipinski definition) is 0. The first-order chi connectivity index (χ1) is 12.2. The van der Waals surface area contributed by atoms with Crippen LogP contribution in [0, 0.1) is 13.8 Å². The number of carbonyl (C=O) groups excluding carboxylic acids is 2. The molecule has 26 heavy (non-hydrogen) atoms. The van der Waals surface area contributed by atoms with Crippen molar-refractivity contribution in [3.05, 3.63) is 29.3 Å². The molecule has 0 bridgehead atoms. The molecule has 0 N–H and O–H groups in total. The van der Waals surface area contributed by atoms with Gasteiger partial charge in [-0.2, -0.15) is 0 Å². The number of aryl methyl sites for hydroxylation is 2. The Labute approximate surface area is 154 Å². The van der Waals surface area contributed by atoms with E-state index >= 15 is 0 Å². The fourth-order valence-electron chi connectivity index (χ4n) is 2.87. The van der Waals surface area contributed by atoms with Gasteiger partial charge < -0.3 is 14.4 Å². The normalized spacial score (nSPS) is 18.3. The third-order valence-corrected chi connectivity index (χ3v) is 6.25. The topological polar surface area (TPSA) is 90.0 Å². The molecule has 8 heteroatoms. The number of rotatable bonds is 7. The molecule has 0 aromatic heterocycles. The van der Waals surface area contributed by atoms with E-state index in [2.05, 4.69) is 0 Å². The summed E-state index contributed by atoms with van der Waals surface area (Å²) in [5, 5.41) is 0. The molecule has 1 fully saturated rings. The van der Waals surface area contributed by atoms with Crippen molar-refractivity contribution in [2.75, 3.05) is 31.3 Å². The zero-order valence-electron chi connectivity index (χ0n) is 15.4. The Morgan fingerprint density at radius 2 is 1.92 bits per heavy atom. The SMILES string of the molecule is CCN(C(=O)COC(=O)COc1ccc(C)c(C)c1)[C@H]1CCS(=O)(=O)C1. The molecule has 0 aliphatic carbocycles. The highest BCUT2D eigenvalue weighted by atomic mass is 32.2. The van der Waals surface area contributed by atoms with Crippen molar-refractivity contribution in [2.45, 2.75) is 33.2 Å². The number of carbonyl (C=O) groups is 2. The predicted molar refractivity (Wildman–Crippen MR) is 96.8 cm³/mol. The van der Waals surface area contributed by atoms with Crippen LogP contribution >= 0.6 is 0 Å². The highest BCUT2D eigenvalue weighted by Crippen LogP contribution is 2.18. The van der Waals surface area contributed by atoms with Gasteiger partial charge >= 0.3 is 5.97 Å². The Balaban J connectivity index is 1.80. The molecule has 1 amide bonds. The van der Waals surface area contributed by atoms with Crippen molar-refractivity contribution >= 4 is 21.7 Å². The van der Waals surface area contributed by atoms with E-state index in [1.165, 1.54) is 4.90 Å². The lowest BCUT2D eigenvalue weighted by atomic mass is 10.1. The summed E-state index contributed by atoms with van der Waals surface area (Å²) in [5.41, 5.74) is 2.18. The average Bonchev–Trinajstić information content (AvgIpc) is 2.94. The summed E-state index contributed by atoms with van der Waals surface area (Å²) in [5.74, 6) is -0.426. The first kappa shape index (κ1) is 20.2. The van der Waals surface area contributed by atoms with E-state index in [-0.39, 0.29) is 24.2 Å². The molecule has 1 aromatic carbocycles. The average molecular weight is 383 g/mol. The van der Waals surface area contributed by atoms with Crippen LogP contribution in [0.25, 0.3) is 0 Å². The molecule has 0 radical (unpaired) electrons. The van der Waals surface area contributed by atoms with Crippen molar-refractivity contribution in [3.8, 4) is 5.75 Å². The van der Waals surface area contributed by atoms with E-state index in [9.17, 15) is 18.0 Å². The van der Waals surface area contributed by atoms with E-state index in [1.54, 1.807) is 13.0 Å². The number of ether oxygens (including phenoxy) is 2. The van der Waals surface area contributed by atoms with Gasteiger partial charge in [0.25, 0.3) is 5.91 Å². The first-order valence-electron chi connectivity index (χ1n) is 8.57. The molecule has 1 atom stereocenters. The second-order valence-electron chi connectivity index (χ2n) is 6.43. The monoisotopic (exact) mass is 383 g/mol. The number of hydrogen-bond acceptors (Lipinski definition) is 6. The van der Waals surface area contributed by atoms with Gasteiger partial charge in [0.15, 0.2) is 23.1 Å². The number of nitrogens with zero attached hydrogens (tertiary/aromatic N) is 1. The van der Waals surface area contributed by atoms with E-state index in [4.69, 9.17) is 9.47 Å². The zero-order chi connectivity index (χ0) is 19.3. The number of esters is 1. The number of likely N-dealkylation sites (N-methyl/N-ethyl adjacent to an activating group) is 1. The maximum absolute atomic E-state index is 12.2. The lowest BCUT2D eigenvalue weighted by molar-refractivity contribution is -0.154. The summed E-state index contributed by atoms with van der Waals surface area (Å²) in [6.07, 6.45) is 0.422. The Bertz CT molecular complexity index is 774. The van der Waals surface area contributed by atoms with Crippen LogP contribution in [0.5, 0.6) is 5.75 Å². The summed E-state index contributed by atoms with van der Waals surface area (Å²) >= 11 is 0. The Kier molecular flexibility index (Phi) is 6.63. The van der Waals surface area contributed by atoms with E-state index in [0.717, 1.165) is 11.1 Å². The second-order valence-corrected chi connectivity index (χ2v) is 8.66. The fraction of sp³-hybridized carbons (Fsp3) is 0.556. The molecule has 0 spiro atoms. The number of amides is 1. The van der Waals surface area contributed by atoms with Gasteiger partial charge in [0.05, 0.1) is 11.5 Å². The van der Waals surface area contributed by atoms with Gasteiger partial charge in [0.2, 0.25) is 0 Å². The molecule has 1 aromatic rings. The summed E-state index contributed by atoms with van der Waals surface area (Å²) in [6.45, 7) is 5.36. The molecule has 1 heterocycles. The van der Waals surface area contributed by atoms with Crippen molar-refractivity contribution in [3.63, 3.8) is 0 Å². The summed E-state index contributed by atoms with van der Waals surface area (Å²) < 4.78 is 33.5. The van der Waals surface area contributed by atoms with Gasteiger partial charge in [-0.25, -0.2) is 13.2 Å². The summed E-state index contributed by atoms with van der Waals surface area (Å²) in [6, 6.07) is 5.14. The molecule has 0 saturated carbocycles. The smallest absolute Gasteiger partial charge is 0.344 e. The van der Waals surface area contributed by atoms with Crippen LogP contribution in [0.1, 0.15) is 24.5 Å². The molecular formula is C18H25NO6S. The molecule has 144 valence electrons. The van der Waals surface area contributed by atoms with Crippen LogP contribution in [0.2, 0.25) is 0 Å². The van der Waals surface area contributed by atoms with Crippen molar-refractivity contribution in [1.29, 1.82) is 0 Å². The number of benzene rings is 1. The lowest BCUT2D eigenvalue weighted by Gasteiger charge is -2.26. The molecule has 7 nitrogen and oxygen atoms in total. The number of sulfone groups is 1. The van der Waals surface area contributed by atoms with E-state index in [0.29, 0.717) is 18.7 Å². The molecule has 1 saturated heterocycles. The maximum Gasteiger partial charge on any atom is 0.344 e. The summed E-state index contributed by atoms with van der Waals surface area (Å²) in [7, 11) is -3.08. The Morgan fingerprint density at radius 1 is 1.19 bits per heavy atom. The van der Waals surface area contributed by atoms with Crippen molar-refractivity contribution in [1.82, 2.24) is 4.90 Å². The zero-order valence-corrected chi connectivity index (χ0v) is 16.2.